The zero-order valence-corrected chi connectivity index (χ0v) is 12.6. The molecule has 7 nitrogen and oxygen atoms in total. The Morgan fingerprint density at radius 3 is 2.55 bits per heavy atom. The van der Waals surface area contributed by atoms with E-state index >= 15 is 0 Å². The largest absolute Gasteiger partial charge is 0.858 e. The second-order valence-corrected chi connectivity index (χ2v) is 5.98. The van der Waals surface area contributed by atoms with Gasteiger partial charge in [0, 0.05) is 18.8 Å². The van der Waals surface area contributed by atoms with E-state index in [1.807, 2.05) is 0 Å². The highest BCUT2D eigenvalue weighted by atomic mass is 16.5. The van der Waals surface area contributed by atoms with Crippen LogP contribution in [-0.2, 0) is 17.6 Å². The lowest BCUT2D eigenvalue weighted by Crippen LogP contribution is -2.36. The van der Waals surface area contributed by atoms with Gasteiger partial charge in [-0.1, -0.05) is 12.8 Å². The molecule has 0 saturated carbocycles. The third-order valence-corrected chi connectivity index (χ3v) is 4.50. The van der Waals surface area contributed by atoms with Crippen molar-refractivity contribution in [3.05, 3.63) is 11.3 Å². The molecule has 1 aliphatic carbocycles. The van der Waals surface area contributed by atoms with Crippen LogP contribution in [0.2, 0.25) is 0 Å². The number of aromatic nitrogens is 4. The molecule has 0 aromatic carbocycles. The molecule has 0 unspecified atom stereocenters. The maximum atomic E-state index is 12.7. The van der Waals surface area contributed by atoms with E-state index in [1.54, 1.807) is 0 Å². The van der Waals surface area contributed by atoms with Crippen molar-refractivity contribution in [1.82, 2.24) is 19.6 Å². The van der Waals surface area contributed by atoms with Gasteiger partial charge in [0.05, 0.1) is 13.2 Å². The Labute approximate surface area is 128 Å². The van der Waals surface area contributed by atoms with E-state index in [9.17, 15) is 5.11 Å². The van der Waals surface area contributed by atoms with Crippen LogP contribution in [0.15, 0.2) is 0 Å². The van der Waals surface area contributed by atoms with Crippen molar-refractivity contribution in [2.24, 2.45) is 0 Å². The molecule has 4 rings (SSSR count). The van der Waals surface area contributed by atoms with E-state index in [1.165, 1.54) is 17.4 Å². The summed E-state index contributed by atoms with van der Waals surface area (Å²) in [6, 6.07) is 0. The average molecular weight is 302 g/mol. The van der Waals surface area contributed by atoms with Crippen LogP contribution in [-0.4, -0.2) is 45.9 Å². The fourth-order valence-corrected chi connectivity index (χ4v) is 3.24. The molecule has 0 N–H and O–H groups in total. The first-order chi connectivity index (χ1) is 10.8. The maximum Gasteiger partial charge on any atom is 0.253 e. The molecule has 3 heterocycles. The number of hydrogen-bond acceptors (Lipinski definition) is 6. The molecule has 0 atom stereocenters. The molecule has 1 fully saturated rings. The number of rotatable bonds is 1. The van der Waals surface area contributed by atoms with E-state index in [0.29, 0.717) is 24.9 Å². The van der Waals surface area contributed by atoms with Crippen LogP contribution in [0, 0.1) is 0 Å². The van der Waals surface area contributed by atoms with Crippen molar-refractivity contribution in [2.75, 3.05) is 31.2 Å². The van der Waals surface area contributed by atoms with Crippen LogP contribution < -0.4 is 10.0 Å². The molecule has 0 radical (unpaired) electrons. The standard InChI is InChI=1S/C15H21N5O2/c21-13-11-5-3-1-2-4-6-12(11)16-14-17-15(18-20(13)14)19-7-9-22-10-8-19/h21H,1-10H2/p-1. The first-order valence-corrected chi connectivity index (χ1v) is 8.11. The Morgan fingerprint density at radius 2 is 1.73 bits per heavy atom. The van der Waals surface area contributed by atoms with Gasteiger partial charge in [-0.3, -0.25) is 0 Å². The SMILES string of the molecule is [O-]c1c2c(nc3nc(N4CCOCC4)nn13)CCCCCC2. The maximum absolute atomic E-state index is 12.7. The number of aryl methyl sites for hydroxylation is 1. The Balaban J connectivity index is 1.76. The number of anilines is 1. The number of nitrogens with zero attached hydrogens (tertiary/aromatic N) is 5. The lowest BCUT2D eigenvalue weighted by Gasteiger charge is -2.25. The number of hydrogen-bond donors (Lipinski definition) is 0. The highest BCUT2D eigenvalue weighted by molar-refractivity contribution is 5.45. The predicted molar refractivity (Wildman–Crippen MR) is 79.1 cm³/mol. The van der Waals surface area contributed by atoms with Crippen molar-refractivity contribution in [1.29, 1.82) is 0 Å². The zero-order chi connectivity index (χ0) is 14.9. The van der Waals surface area contributed by atoms with Crippen LogP contribution in [0.25, 0.3) is 5.78 Å². The molecule has 2 aromatic rings. The number of morpholine rings is 1. The van der Waals surface area contributed by atoms with Crippen molar-refractivity contribution in [3.8, 4) is 5.88 Å². The van der Waals surface area contributed by atoms with E-state index in [2.05, 4.69) is 20.0 Å². The average Bonchev–Trinajstić information content (AvgIpc) is 2.95. The van der Waals surface area contributed by atoms with Crippen molar-refractivity contribution in [3.63, 3.8) is 0 Å². The van der Waals surface area contributed by atoms with Gasteiger partial charge in [-0.15, -0.1) is 5.10 Å². The first kappa shape index (κ1) is 13.8. The van der Waals surface area contributed by atoms with Crippen molar-refractivity contribution < 1.29 is 9.84 Å². The molecule has 0 amide bonds. The molecule has 22 heavy (non-hydrogen) atoms. The second-order valence-electron chi connectivity index (χ2n) is 5.98. The third-order valence-electron chi connectivity index (χ3n) is 4.50. The summed E-state index contributed by atoms with van der Waals surface area (Å²) < 4.78 is 6.73. The summed E-state index contributed by atoms with van der Waals surface area (Å²) in [5.41, 5.74) is 1.77. The van der Waals surface area contributed by atoms with Gasteiger partial charge in [-0.05, 0) is 37.1 Å². The van der Waals surface area contributed by atoms with Gasteiger partial charge in [-0.25, -0.2) is 9.50 Å². The second kappa shape index (κ2) is 5.72. The highest BCUT2D eigenvalue weighted by Gasteiger charge is 2.19. The highest BCUT2D eigenvalue weighted by Crippen LogP contribution is 2.26. The first-order valence-electron chi connectivity index (χ1n) is 8.11. The summed E-state index contributed by atoms with van der Waals surface area (Å²) in [6.45, 7) is 2.85. The van der Waals surface area contributed by atoms with E-state index in [-0.39, 0.29) is 5.88 Å². The summed E-state index contributed by atoms with van der Waals surface area (Å²) >= 11 is 0. The van der Waals surface area contributed by atoms with Crippen LogP contribution in [0.1, 0.15) is 36.9 Å². The van der Waals surface area contributed by atoms with Crippen LogP contribution in [0.4, 0.5) is 5.95 Å². The van der Waals surface area contributed by atoms with Gasteiger partial charge in [-0.2, -0.15) is 4.98 Å². The van der Waals surface area contributed by atoms with E-state index < -0.39 is 0 Å². The van der Waals surface area contributed by atoms with Gasteiger partial charge in [0.1, 0.15) is 0 Å². The summed E-state index contributed by atoms with van der Waals surface area (Å²) in [5.74, 6) is 0.991. The van der Waals surface area contributed by atoms with E-state index in [4.69, 9.17) is 4.74 Å². The summed E-state index contributed by atoms with van der Waals surface area (Å²) in [4.78, 5) is 11.1. The summed E-state index contributed by atoms with van der Waals surface area (Å²) in [7, 11) is 0. The fraction of sp³-hybridized carbons (Fsp3) is 0.667. The lowest BCUT2D eigenvalue weighted by molar-refractivity contribution is -0.278. The van der Waals surface area contributed by atoms with Gasteiger partial charge < -0.3 is 14.7 Å². The Morgan fingerprint density at radius 1 is 0.955 bits per heavy atom. The van der Waals surface area contributed by atoms with Crippen LogP contribution in [0.3, 0.4) is 0 Å². The zero-order valence-electron chi connectivity index (χ0n) is 12.6. The molecule has 1 aliphatic heterocycles. The molecular weight excluding hydrogens is 282 g/mol. The minimum Gasteiger partial charge on any atom is -0.858 e. The minimum absolute atomic E-state index is 0.0334. The molecule has 118 valence electrons. The summed E-state index contributed by atoms with van der Waals surface area (Å²) in [6.07, 6.45) is 6.24. The summed E-state index contributed by atoms with van der Waals surface area (Å²) in [5, 5.41) is 17.1. The molecule has 1 saturated heterocycles. The topological polar surface area (TPSA) is 78.6 Å². The van der Waals surface area contributed by atoms with Crippen molar-refractivity contribution >= 4 is 11.7 Å². The molecule has 2 aliphatic rings. The van der Waals surface area contributed by atoms with E-state index in [0.717, 1.165) is 50.0 Å². The van der Waals surface area contributed by atoms with Gasteiger partial charge in [0.25, 0.3) is 5.78 Å². The van der Waals surface area contributed by atoms with Gasteiger partial charge >= 0.3 is 0 Å². The quantitative estimate of drug-likeness (QED) is 0.771. The smallest absolute Gasteiger partial charge is 0.253 e. The lowest BCUT2D eigenvalue weighted by atomic mass is 9.98. The predicted octanol–water partition coefficient (Wildman–Crippen LogP) is 0.693. The molecule has 2 aromatic heterocycles. The fourth-order valence-electron chi connectivity index (χ4n) is 3.24. The normalized spacial score (nSPS) is 19.7. The molecule has 7 heteroatoms. The Hall–Kier alpha value is -1.89. The van der Waals surface area contributed by atoms with Crippen LogP contribution >= 0.6 is 0 Å². The molecule has 0 bridgehead atoms. The minimum atomic E-state index is -0.0334. The van der Waals surface area contributed by atoms with Crippen LogP contribution in [0.5, 0.6) is 5.88 Å². The number of ether oxygens (including phenoxy) is 1. The third kappa shape index (κ3) is 2.39. The van der Waals surface area contributed by atoms with Crippen molar-refractivity contribution in [2.45, 2.75) is 38.5 Å². The molecular formula is C15H20N5O2-. The van der Waals surface area contributed by atoms with Gasteiger partial charge in [0.15, 0.2) is 0 Å². The Kier molecular flexibility index (Phi) is 3.57. The monoisotopic (exact) mass is 302 g/mol. The Bertz CT molecular complexity index is 678. The number of fused-ring (bicyclic) bond motifs is 2. The molecule has 0 spiro atoms. The van der Waals surface area contributed by atoms with Gasteiger partial charge in [0.2, 0.25) is 5.95 Å².